The average molecular weight is 183 g/mol. The number of rotatable bonds is 1. The van der Waals surface area contributed by atoms with Gasteiger partial charge in [-0.25, -0.2) is 0 Å². The number of amides is 1. The molecule has 1 aliphatic carbocycles. The first-order valence-corrected chi connectivity index (χ1v) is 5.18. The van der Waals surface area contributed by atoms with Crippen molar-refractivity contribution in [2.45, 2.75) is 53.0 Å². The molecule has 2 heteroatoms. The molecule has 1 saturated carbocycles. The van der Waals surface area contributed by atoms with Gasteiger partial charge in [-0.1, -0.05) is 20.8 Å². The Labute approximate surface area is 81.1 Å². The van der Waals surface area contributed by atoms with E-state index in [1.807, 2.05) is 0 Å². The Morgan fingerprint density at radius 3 is 2.54 bits per heavy atom. The van der Waals surface area contributed by atoms with Crippen LogP contribution in [-0.2, 0) is 4.79 Å². The maximum atomic E-state index is 10.9. The highest BCUT2D eigenvalue weighted by atomic mass is 16.1. The lowest BCUT2D eigenvalue weighted by Gasteiger charge is -2.39. The summed E-state index contributed by atoms with van der Waals surface area (Å²) in [4.78, 5) is 10.9. The monoisotopic (exact) mass is 183 g/mol. The fourth-order valence-corrected chi connectivity index (χ4v) is 2.42. The summed E-state index contributed by atoms with van der Waals surface area (Å²) in [5, 5.41) is 3.03. The van der Waals surface area contributed by atoms with Gasteiger partial charge in [-0.05, 0) is 30.6 Å². The maximum Gasteiger partial charge on any atom is 0.217 e. The predicted octanol–water partition coefficient (Wildman–Crippen LogP) is 2.34. The van der Waals surface area contributed by atoms with Crippen LogP contribution in [0.2, 0.25) is 0 Å². The van der Waals surface area contributed by atoms with E-state index in [4.69, 9.17) is 0 Å². The van der Waals surface area contributed by atoms with E-state index in [-0.39, 0.29) is 5.91 Å². The molecule has 0 spiro atoms. The van der Waals surface area contributed by atoms with E-state index in [0.717, 1.165) is 6.42 Å². The van der Waals surface area contributed by atoms with Crippen LogP contribution in [0, 0.1) is 11.3 Å². The van der Waals surface area contributed by atoms with Crippen LogP contribution >= 0.6 is 0 Å². The maximum absolute atomic E-state index is 10.9. The van der Waals surface area contributed by atoms with Crippen molar-refractivity contribution in [1.82, 2.24) is 5.32 Å². The van der Waals surface area contributed by atoms with Gasteiger partial charge in [-0.15, -0.1) is 0 Å². The molecule has 1 N–H and O–H groups in total. The van der Waals surface area contributed by atoms with Crippen LogP contribution in [-0.4, -0.2) is 11.9 Å². The first kappa shape index (κ1) is 10.6. The van der Waals surface area contributed by atoms with Crippen molar-refractivity contribution < 1.29 is 4.79 Å². The Hall–Kier alpha value is -0.530. The second-order valence-corrected chi connectivity index (χ2v) is 5.19. The molecule has 1 rings (SSSR count). The van der Waals surface area contributed by atoms with E-state index in [1.54, 1.807) is 6.92 Å². The van der Waals surface area contributed by atoms with Crippen molar-refractivity contribution in [2.24, 2.45) is 11.3 Å². The lowest BCUT2D eigenvalue weighted by atomic mass is 9.70. The van der Waals surface area contributed by atoms with Gasteiger partial charge in [-0.3, -0.25) is 4.79 Å². The minimum atomic E-state index is 0.108. The van der Waals surface area contributed by atoms with Crippen molar-refractivity contribution in [3.05, 3.63) is 0 Å². The van der Waals surface area contributed by atoms with Crippen LogP contribution < -0.4 is 5.32 Å². The summed E-state index contributed by atoms with van der Waals surface area (Å²) in [6.45, 7) is 8.47. The van der Waals surface area contributed by atoms with Crippen LogP contribution in [0.5, 0.6) is 0 Å². The largest absolute Gasteiger partial charge is 0.353 e. The molecule has 0 aliphatic heterocycles. The first-order chi connectivity index (χ1) is 5.91. The van der Waals surface area contributed by atoms with E-state index < -0.39 is 0 Å². The van der Waals surface area contributed by atoms with Gasteiger partial charge in [0, 0.05) is 13.0 Å². The molecule has 1 aliphatic rings. The van der Waals surface area contributed by atoms with Crippen molar-refractivity contribution in [2.75, 3.05) is 0 Å². The summed E-state index contributed by atoms with van der Waals surface area (Å²) in [7, 11) is 0. The van der Waals surface area contributed by atoms with Crippen molar-refractivity contribution >= 4 is 5.91 Å². The number of carbonyl (C=O) groups is 1. The topological polar surface area (TPSA) is 29.1 Å². The second-order valence-electron chi connectivity index (χ2n) is 5.19. The van der Waals surface area contributed by atoms with E-state index >= 15 is 0 Å². The minimum absolute atomic E-state index is 0.108. The van der Waals surface area contributed by atoms with Crippen molar-refractivity contribution in [3.8, 4) is 0 Å². The summed E-state index contributed by atoms with van der Waals surface area (Å²) in [6, 6.07) is 0.408. The van der Waals surface area contributed by atoms with Gasteiger partial charge in [0.1, 0.15) is 0 Å². The third kappa shape index (κ3) is 3.02. The van der Waals surface area contributed by atoms with Crippen molar-refractivity contribution in [3.63, 3.8) is 0 Å². The highest BCUT2D eigenvalue weighted by molar-refractivity contribution is 5.73. The van der Waals surface area contributed by atoms with Gasteiger partial charge in [0.15, 0.2) is 0 Å². The summed E-state index contributed by atoms with van der Waals surface area (Å²) >= 11 is 0. The van der Waals surface area contributed by atoms with Gasteiger partial charge < -0.3 is 5.32 Å². The highest BCUT2D eigenvalue weighted by Crippen LogP contribution is 2.38. The zero-order valence-corrected chi connectivity index (χ0v) is 9.18. The summed E-state index contributed by atoms with van der Waals surface area (Å²) in [5.41, 5.74) is 0.467. The molecule has 0 radical (unpaired) electrons. The molecule has 1 amide bonds. The van der Waals surface area contributed by atoms with E-state index in [1.165, 1.54) is 12.8 Å². The molecule has 2 nitrogen and oxygen atoms in total. The first-order valence-electron chi connectivity index (χ1n) is 5.18. The van der Waals surface area contributed by atoms with E-state index in [2.05, 4.69) is 26.1 Å². The smallest absolute Gasteiger partial charge is 0.217 e. The van der Waals surface area contributed by atoms with Gasteiger partial charge in [-0.2, -0.15) is 0 Å². The second kappa shape index (κ2) is 3.69. The van der Waals surface area contributed by atoms with Gasteiger partial charge >= 0.3 is 0 Å². The average Bonchev–Trinajstić information content (AvgIpc) is 1.93. The SMILES string of the molecule is CC(=O)N[C@H]1CCC(C)(C)C[C@H]1C. The molecular weight excluding hydrogens is 162 g/mol. The Balaban J connectivity index is 2.49. The molecule has 13 heavy (non-hydrogen) atoms. The zero-order chi connectivity index (χ0) is 10.1. The summed E-state index contributed by atoms with van der Waals surface area (Å²) < 4.78 is 0. The van der Waals surface area contributed by atoms with Gasteiger partial charge in [0.2, 0.25) is 5.91 Å². The number of hydrogen-bond acceptors (Lipinski definition) is 1. The van der Waals surface area contributed by atoms with Crippen molar-refractivity contribution in [1.29, 1.82) is 0 Å². The molecule has 0 saturated heterocycles. The molecule has 0 bridgehead atoms. The molecule has 0 aromatic heterocycles. The molecule has 0 heterocycles. The van der Waals surface area contributed by atoms with Crippen LogP contribution in [0.4, 0.5) is 0 Å². The molecule has 0 aromatic carbocycles. The molecular formula is C11H21NO. The van der Waals surface area contributed by atoms with E-state index in [0.29, 0.717) is 17.4 Å². The summed E-state index contributed by atoms with van der Waals surface area (Å²) in [5.74, 6) is 0.726. The molecule has 0 unspecified atom stereocenters. The zero-order valence-electron chi connectivity index (χ0n) is 9.18. The Bertz CT molecular complexity index is 198. The number of nitrogens with one attached hydrogen (secondary N) is 1. The van der Waals surface area contributed by atoms with Gasteiger partial charge in [0.05, 0.1) is 0 Å². The quantitative estimate of drug-likeness (QED) is 0.664. The standard InChI is InChI=1S/C11H21NO/c1-8-7-11(3,4)6-5-10(8)12-9(2)13/h8,10H,5-7H2,1-4H3,(H,12,13)/t8-,10+/m1/s1. The molecule has 76 valence electrons. The molecule has 0 aromatic rings. The number of hydrogen-bond donors (Lipinski definition) is 1. The van der Waals surface area contributed by atoms with Crippen LogP contribution in [0.1, 0.15) is 47.0 Å². The highest BCUT2D eigenvalue weighted by Gasteiger charge is 2.32. The third-order valence-corrected chi connectivity index (χ3v) is 3.08. The number of carbonyl (C=O) groups excluding carboxylic acids is 1. The van der Waals surface area contributed by atoms with Crippen LogP contribution in [0.15, 0.2) is 0 Å². The Morgan fingerprint density at radius 1 is 1.46 bits per heavy atom. The van der Waals surface area contributed by atoms with Crippen LogP contribution in [0.3, 0.4) is 0 Å². The lowest BCUT2D eigenvalue weighted by molar-refractivity contribution is -0.120. The third-order valence-electron chi connectivity index (χ3n) is 3.08. The fourth-order valence-electron chi connectivity index (χ4n) is 2.42. The normalized spacial score (nSPS) is 32.6. The van der Waals surface area contributed by atoms with E-state index in [9.17, 15) is 4.79 Å². The summed E-state index contributed by atoms with van der Waals surface area (Å²) in [6.07, 6.45) is 3.58. The Morgan fingerprint density at radius 2 is 2.08 bits per heavy atom. The Kier molecular flexibility index (Phi) is 2.99. The van der Waals surface area contributed by atoms with Crippen LogP contribution in [0.25, 0.3) is 0 Å². The fraction of sp³-hybridized carbons (Fsp3) is 0.909. The predicted molar refractivity (Wildman–Crippen MR) is 54.4 cm³/mol. The molecule has 2 atom stereocenters. The lowest BCUT2D eigenvalue weighted by Crippen LogP contribution is -2.43. The molecule has 1 fully saturated rings. The minimum Gasteiger partial charge on any atom is -0.353 e. The van der Waals surface area contributed by atoms with Gasteiger partial charge in [0.25, 0.3) is 0 Å².